The Labute approximate surface area is 286 Å². The summed E-state index contributed by atoms with van der Waals surface area (Å²) in [6, 6.07) is 54.3. The van der Waals surface area contributed by atoms with Crippen LogP contribution in [0.2, 0.25) is 0 Å². The Hall–Kier alpha value is -6.20. The molecule has 0 spiro atoms. The van der Waals surface area contributed by atoms with Gasteiger partial charge in [-0.05, 0) is 58.8 Å². The van der Waals surface area contributed by atoms with Crippen LogP contribution in [-0.4, -0.2) is 19.9 Å². The van der Waals surface area contributed by atoms with Crippen molar-refractivity contribution in [3.05, 3.63) is 163 Å². The molecule has 0 bridgehead atoms. The average Bonchev–Trinajstić information content (AvgIpc) is 3.16. The Kier molecular flexibility index (Phi) is 7.65. The number of benzene rings is 6. The van der Waals surface area contributed by atoms with E-state index in [1.807, 2.05) is 66.7 Å². The van der Waals surface area contributed by atoms with Crippen LogP contribution in [-0.2, 0) is 5.41 Å². The molecular weight excluding hydrogens is 599 g/mol. The summed E-state index contributed by atoms with van der Waals surface area (Å²) in [7, 11) is 0. The fourth-order valence-corrected chi connectivity index (χ4v) is 6.26. The molecule has 5 heteroatoms. The summed E-state index contributed by atoms with van der Waals surface area (Å²) in [4.78, 5) is 22.3. The highest BCUT2D eigenvalue weighted by Crippen LogP contribution is 2.41. The maximum atomic E-state index is 5.29. The van der Waals surface area contributed by atoms with Crippen molar-refractivity contribution in [3.8, 4) is 34.2 Å². The second kappa shape index (κ2) is 12.4. The monoisotopic (exact) mass is 633 g/mol. The summed E-state index contributed by atoms with van der Waals surface area (Å²) in [5.74, 6) is 2.78. The van der Waals surface area contributed by atoms with Crippen LogP contribution >= 0.6 is 0 Å². The predicted octanol–water partition coefficient (Wildman–Crippen LogP) is 11.3. The van der Waals surface area contributed by atoms with E-state index in [9.17, 15) is 0 Å². The highest BCUT2D eigenvalue weighted by molar-refractivity contribution is 6.11. The highest BCUT2D eigenvalue weighted by Gasteiger charge is 2.21. The second-order valence-electron chi connectivity index (χ2n) is 13.2. The molecule has 0 atom stereocenters. The summed E-state index contributed by atoms with van der Waals surface area (Å²) in [6.45, 7) is 6.72. The van der Waals surface area contributed by atoms with E-state index in [2.05, 4.69) is 117 Å². The summed E-state index contributed by atoms with van der Waals surface area (Å²) in [5.41, 5.74) is 7.09. The fourth-order valence-electron chi connectivity index (χ4n) is 6.26. The molecule has 0 fully saturated rings. The quantitative estimate of drug-likeness (QED) is 0.171. The molecule has 236 valence electrons. The molecule has 2 aromatic heterocycles. The molecule has 49 heavy (non-hydrogen) atoms. The van der Waals surface area contributed by atoms with Gasteiger partial charge in [0.15, 0.2) is 17.5 Å². The van der Waals surface area contributed by atoms with Gasteiger partial charge in [-0.1, -0.05) is 136 Å². The maximum Gasteiger partial charge on any atom is 0.164 e. The number of rotatable bonds is 6. The summed E-state index contributed by atoms with van der Waals surface area (Å²) in [5, 5.41) is 3.39. The van der Waals surface area contributed by atoms with Gasteiger partial charge in [0.2, 0.25) is 0 Å². The molecule has 8 aromatic rings. The van der Waals surface area contributed by atoms with E-state index in [0.29, 0.717) is 17.5 Å². The van der Waals surface area contributed by atoms with Crippen LogP contribution in [0.5, 0.6) is 0 Å². The Bertz CT molecular complexity index is 2340. The summed E-state index contributed by atoms with van der Waals surface area (Å²) in [6.07, 6.45) is 0. The van der Waals surface area contributed by atoms with Crippen molar-refractivity contribution in [2.75, 3.05) is 4.90 Å². The van der Waals surface area contributed by atoms with Gasteiger partial charge >= 0.3 is 0 Å². The Balaban J connectivity index is 1.28. The van der Waals surface area contributed by atoms with Gasteiger partial charge in [-0.2, -0.15) is 0 Å². The minimum atomic E-state index is 0.0423. The number of anilines is 3. The lowest BCUT2D eigenvalue weighted by atomic mass is 9.87. The van der Waals surface area contributed by atoms with Gasteiger partial charge in [-0.25, -0.2) is 19.9 Å². The zero-order valence-electron chi connectivity index (χ0n) is 27.7. The molecule has 0 unspecified atom stereocenters. The molecular formula is C44H35N5. The van der Waals surface area contributed by atoms with Crippen LogP contribution in [0.4, 0.5) is 17.2 Å². The molecule has 2 heterocycles. The molecule has 0 aliphatic heterocycles. The van der Waals surface area contributed by atoms with Crippen molar-refractivity contribution in [1.82, 2.24) is 19.9 Å². The molecule has 8 rings (SSSR count). The normalized spacial score (nSPS) is 11.6. The molecule has 0 saturated heterocycles. The van der Waals surface area contributed by atoms with Crippen LogP contribution in [0.1, 0.15) is 26.3 Å². The summed E-state index contributed by atoms with van der Waals surface area (Å²) >= 11 is 0. The highest BCUT2D eigenvalue weighted by atomic mass is 15.2. The SMILES string of the molecule is CC(C)(C)c1ccc(N(c2ccc(-c3nc(-c4ccccc4)nc(-c4ccccc4)n3)cc2)c2nc3ccccc3c3ccccc23)cc1. The average molecular weight is 634 g/mol. The number of para-hydroxylation sites is 1. The first-order chi connectivity index (χ1) is 23.9. The van der Waals surface area contributed by atoms with Crippen molar-refractivity contribution in [2.45, 2.75) is 26.2 Å². The molecule has 0 saturated carbocycles. The van der Waals surface area contributed by atoms with Crippen LogP contribution in [0.25, 0.3) is 55.8 Å². The Morgan fingerprint density at radius 2 is 0.816 bits per heavy atom. The molecule has 6 aromatic carbocycles. The molecule has 0 amide bonds. The second-order valence-corrected chi connectivity index (χ2v) is 13.2. The first-order valence-corrected chi connectivity index (χ1v) is 16.6. The van der Waals surface area contributed by atoms with E-state index in [1.165, 1.54) is 10.9 Å². The van der Waals surface area contributed by atoms with Gasteiger partial charge in [-0.3, -0.25) is 4.90 Å². The van der Waals surface area contributed by atoms with Crippen LogP contribution < -0.4 is 4.90 Å². The van der Waals surface area contributed by atoms with Crippen molar-refractivity contribution < 1.29 is 0 Å². The Morgan fingerprint density at radius 3 is 1.35 bits per heavy atom. The van der Waals surface area contributed by atoms with Crippen LogP contribution in [0.15, 0.2) is 158 Å². The lowest BCUT2D eigenvalue weighted by Gasteiger charge is -2.27. The van der Waals surface area contributed by atoms with Crippen molar-refractivity contribution in [3.63, 3.8) is 0 Å². The number of nitrogens with zero attached hydrogens (tertiary/aromatic N) is 5. The minimum Gasteiger partial charge on any atom is -0.295 e. The van der Waals surface area contributed by atoms with E-state index in [1.54, 1.807) is 0 Å². The van der Waals surface area contributed by atoms with E-state index >= 15 is 0 Å². The predicted molar refractivity (Wildman–Crippen MR) is 202 cm³/mol. The van der Waals surface area contributed by atoms with E-state index < -0.39 is 0 Å². The minimum absolute atomic E-state index is 0.0423. The third kappa shape index (κ3) is 5.92. The fraction of sp³-hybridized carbons (Fsp3) is 0.0909. The molecule has 0 radical (unpaired) electrons. The number of hydrogen-bond acceptors (Lipinski definition) is 5. The lowest BCUT2D eigenvalue weighted by Crippen LogP contribution is -2.14. The third-order valence-electron chi connectivity index (χ3n) is 8.87. The molecule has 5 nitrogen and oxygen atoms in total. The first kappa shape index (κ1) is 30.2. The van der Waals surface area contributed by atoms with Gasteiger partial charge < -0.3 is 0 Å². The maximum absolute atomic E-state index is 5.29. The number of pyridine rings is 1. The van der Waals surface area contributed by atoms with Gasteiger partial charge in [0.05, 0.1) is 5.52 Å². The third-order valence-corrected chi connectivity index (χ3v) is 8.87. The topological polar surface area (TPSA) is 54.8 Å². The van der Waals surface area contributed by atoms with Gasteiger partial charge in [0.25, 0.3) is 0 Å². The van der Waals surface area contributed by atoms with Gasteiger partial charge in [0.1, 0.15) is 5.82 Å². The number of fused-ring (bicyclic) bond motifs is 3. The summed E-state index contributed by atoms with van der Waals surface area (Å²) < 4.78 is 0. The smallest absolute Gasteiger partial charge is 0.164 e. The molecule has 0 aliphatic rings. The lowest BCUT2D eigenvalue weighted by molar-refractivity contribution is 0.590. The molecule has 0 aliphatic carbocycles. The van der Waals surface area contributed by atoms with E-state index in [0.717, 1.165) is 50.2 Å². The molecule has 0 N–H and O–H groups in total. The first-order valence-electron chi connectivity index (χ1n) is 16.6. The van der Waals surface area contributed by atoms with Gasteiger partial charge in [-0.15, -0.1) is 0 Å². The van der Waals surface area contributed by atoms with E-state index in [4.69, 9.17) is 19.9 Å². The zero-order valence-corrected chi connectivity index (χ0v) is 27.7. The van der Waals surface area contributed by atoms with Crippen LogP contribution in [0, 0.1) is 0 Å². The number of aromatic nitrogens is 4. The largest absolute Gasteiger partial charge is 0.295 e. The van der Waals surface area contributed by atoms with E-state index in [-0.39, 0.29) is 5.41 Å². The van der Waals surface area contributed by atoms with Gasteiger partial charge in [0, 0.05) is 38.8 Å². The standard InChI is InChI=1S/C44H35N5/c1-44(2,3)33-24-28-35(29-25-33)49(43-38-20-11-10-18-36(38)37-19-12-13-21-39(37)45-43)34-26-22-32(23-27-34)42-47-40(30-14-6-4-7-15-30)46-41(48-42)31-16-8-5-9-17-31/h4-29H,1-3H3. The van der Waals surface area contributed by atoms with Crippen molar-refractivity contribution in [2.24, 2.45) is 0 Å². The van der Waals surface area contributed by atoms with Crippen LogP contribution in [0.3, 0.4) is 0 Å². The van der Waals surface area contributed by atoms with Crippen molar-refractivity contribution in [1.29, 1.82) is 0 Å². The van der Waals surface area contributed by atoms with Crippen molar-refractivity contribution >= 4 is 38.9 Å². The zero-order chi connectivity index (χ0) is 33.4. The number of hydrogen-bond donors (Lipinski definition) is 0. The Morgan fingerprint density at radius 1 is 0.388 bits per heavy atom.